The summed E-state index contributed by atoms with van der Waals surface area (Å²) in [4.78, 5) is 38.2. The molecule has 0 radical (unpaired) electrons. The van der Waals surface area contributed by atoms with Gasteiger partial charge >= 0.3 is 17.9 Å². The molecule has 0 saturated heterocycles. The van der Waals surface area contributed by atoms with E-state index in [1.807, 2.05) is 0 Å². The van der Waals surface area contributed by atoms with Gasteiger partial charge in [-0.3, -0.25) is 14.4 Å². The summed E-state index contributed by atoms with van der Waals surface area (Å²) in [6.07, 6.45) is 69.9. The Bertz CT molecular complexity index is 1160. The lowest BCUT2D eigenvalue weighted by atomic mass is 10.1. The van der Waals surface area contributed by atoms with Gasteiger partial charge in [-0.25, -0.2) is 0 Å². The van der Waals surface area contributed by atoms with Gasteiger partial charge in [-0.15, -0.1) is 0 Å². The summed E-state index contributed by atoms with van der Waals surface area (Å²) in [5.74, 6) is -0.872. The zero-order valence-electron chi connectivity index (χ0n) is 46.3. The highest BCUT2D eigenvalue weighted by Crippen LogP contribution is 2.16. The highest BCUT2D eigenvalue weighted by Gasteiger charge is 2.19. The summed E-state index contributed by atoms with van der Waals surface area (Å²) in [5.41, 5.74) is 0. The first-order valence-electron chi connectivity index (χ1n) is 30.5. The van der Waals surface area contributed by atoms with Gasteiger partial charge in [-0.1, -0.05) is 250 Å². The van der Waals surface area contributed by atoms with Gasteiger partial charge < -0.3 is 14.2 Å². The van der Waals surface area contributed by atoms with E-state index in [0.717, 1.165) is 64.2 Å². The van der Waals surface area contributed by atoms with Crippen molar-refractivity contribution >= 4 is 17.9 Å². The Morgan fingerprint density at radius 1 is 0.275 bits per heavy atom. The molecule has 0 aromatic rings. The Hall–Kier alpha value is -2.37. The lowest BCUT2D eigenvalue weighted by Gasteiger charge is -2.18. The van der Waals surface area contributed by atoms with Crippen LogP contribution in [0.3, 0.4) is 0 Å². The van der Waals surface area contributed by atoms with Crippen molar-refractivity contribution in [1.82, 2.24) is 0 Å². The average Bonchev–Trinajstić information content (AvgIpc) is 3.35. The van der Waals surface area contributed by atoms with Gasteiger partial charge in [0.1, 0.15) is 13.2 Å². The van der Waals surface area contributed by atoms with E-state index >= 15 is 0 Å². The molecule has 0 rings (SSSR count). The maximum atomic E-state index is 12.9. The third-order valence-electron chi connectivity index (χ3n) is 13.6. The number of carbonyl (C=O) groups excluding carboxylic acids is 3. The van der Waals surface area contributed by atoms with E-state index in [-0.39, 0.29) is 31.1 Å². The van der Waals surface area contributed by atoms with Crippen LogP contribution in [0.4, 0.5) is 0 Å². The van der Waals surface area contributed by atoms with E-state index < -0.39 is 6.10 Å². The Balaban J connectivity index is 4.34. The average molecular weight is 970 g/mol. The van der Waals surface area contributed by atoms with E-state index in [1.165, 1.54) is 225 Å². The minimum absolute atomic E-state index is 0.0750. The van der Waals surface area contributed by atoms with Crippen LogP contribution >= 0.6 is 0 Å². The molecule has 0 bridgehead atoms. The van der Waals surface area contributed by atoms with Crippen molar-refractivity contribution in [2.75, 3.05) is 13.2 Å². The molecular formula is C63H116O6. The number of unbranched alkanes of at least 4 members (excludes halogenated alkanes) is 39. The summed E-state index contributed by atoms with van der Waals surface area (Å²) in [5, 5.41) is 0. The predicted octanol–water partition coefficient (Wildman–Crippen LogP) is 20.4. The first-order chi connectivity index (χ1) is 34.0. The Morgan fingerprint density at radius 2 is 0.478 bits per heavy atom. The number of rotatable bonds is 56. The molecule has 0 spiro atoms. The van der Waals surface area contributed by atoms with E-state index in [2.05, 4.69) is 57.2 Å². The molecule has 0 aliphatic heterocycles. The van der Waals surface area contributed by atoms with E-state index in [4.69, 9.17) is 14.2 Å². The lowest BCUT2D eigenvalue weighted by Crippen LogP contribution is -2.30. The first kappa shape index (κ1) is 66.6. The first-order valence-corrected chi connectivity index (χ1v) is 30.5. The van der Waals surface area contributed by atoms with Gasteiger partial charge in [0.05, 0.1) is 0 Å². The normalized spacial score (nSPS) is 12.2. The van der Waals surface area contributed by atoms with Gasteiger partial charge in [-0.2, -0.15) is 0 Å². The van der Waals surface area contributed by atoms with E-state index in [1.54, 1.807) is 0 Å². The molecule has 0 heterocycles. The smallest absolute Gasteiger partial charge is 0.306 e. The van der Waals surface area contributed by atoms with Crippen molar-refractivity contribution in [1.29, 1.82) is 0 Å². The topological polar surface area (TPSA) is 78.9 Å². The summed E-state index contributed by atoms with van der Waals surface area (Å²) < 4.78 is 16.9. The molecule has 0 aliphatic carbocycles. The fourth-order valence-electron chi connectivity index (χ4n) is 8.96. The maximum absolute atomic E-state index is 12.9. The van der Waals surface area contributed by atoms with E-state index in [0.29, 0.717) is 19.3 Å². The molecule has 69 heavy (non-hydrogen) atoms. The molecule has 404 valence electrons. The number of ether oxygens (including phenoxy) is 3. The zero-order chi connectivity index (χ0) is 50.0. The molecule has 0 aliphatic rings. The van der Waals surface area contributed by atoms with Crippen LogP contribution in [-0.4, -0.2) is 37.2 Å². The van der Waals surface area contributed by atoms with Crippen LogP contribution < -0.4 is 0 Å². The fourth-order valence-corrected chi connectivity index (χ4v) is 8.96. The van der Waals surface area contributed by atoms with Crippen molar-refractivity contribution in [3.63, 3.8) is 0 Å². The van der Waals surface area contributed by atoms with Crippen LogP contribution in [0.1, 0.15) is 329 Å². The van der Waals surface area contributed by atoms with Crippen LogP contribution in [0.15, 0.2) is 36.5 Å². The SMILES string of the molecule is CCCCCCC/C=C\CCCCCCCC(=O)OCC(COC(=O)CCCCCCCCCCC/C=C\CCCCCCCC)OC(=O)CCCCCCCCC/C=C\CCCCCCCCC. The highest BCUT2D eigenvalue weighted by molar-refractivity contribution is 5.71. The predicted molar refractivity (Wildman–Crippen MR) is 298 cm³/mol. The minimum Gasteiger partial charge on any atom is -0.462 e. The van der Waals surface area contributed by atoms with Gasteiger partial charge in [0, 0.05) is 19.3 Å². The van der Waals surface area contributed by atoms with Crippen molar-refractivity contribution in [3.8, 4) is 0 Å². The molecule has 1 unspecified atom stereocenters. The summed E-state index contributed by atoms with van der Waals surface area (Å²) in [7, 11) is 0. The largest absolute Gasteiger partial charge is 0.462 e. The molecule has 0 aromatic carbocycles. The van der Waals surface area contributed by atoms with Gasteiger partial charge in [-0.05, 0) is 96.3 Å². The van der Waals surface area contributed by atoms with Gasteiger partial charge in [0.2, 0.25) is 0 Å². The molecule has 6 nitrogen and oxygen atoms in total. The van der Waals surface area contributed by atoms with Crippen molar-refractivity contribution in [2.45, 2.75) is 335 Å². The molecule has 0 fully saturated rings. The van der Waals surface area contributed by atoms with Crippen LogP contribution in [0.2, 0.25) is 0 Å². The van der Waals surface area contributed by atoms with E-state index in [9.17, 15) is 14.4 Å². The standard InChI is InChI=1S/C63H116O6/c1-4-7-10-13-16-19-22-25-28-30-32-34-35-38-41-44-47-50-53-56-62(65)68-59-60(58-67-61(64)55-52-49-46-43-40-37-27-24-21-18-15-12-9-6-3)69-63(66)57-54-51-48-45-42-39-36-33-31-29-26-23-20-17-14-11-8-5-2/h24-25,27-29,31,60H,4-23,26,30,32-59H2,1-3H3/b27-24-,28-25-,31-29-. The van der Waals surface area contributed by atoms with Crippen molar-refractivity contribution in [2.24, 2.45) is 0 Å². The summed E-state index contributed by atoms with van der Waals surface area (Å²) in [6.45, 7) is 6.66. The van der Waals surface area contributed by atoms with Gasteiger partial charge in [0.25, 0.3) is 0 Å². The summed E-state index contributed by atoms with van der Waals surface area (Å²) in [6, 6.07) is 0. The fraction of sp³-hybridized carbons (Fsp3) is 0.857. The molecule has 0 amide bonds. The van der Waals surface area contributed by atoms with Crippen LogP contribution in [0.5, 0.6) is 0 Å². The van der Waals surface area contributed by atoms with Crippen LogP contribution in [0, 0.1) is 0 Å². The van der Waals surface area contributed by atoms with Crippen LogP contribution in [0.25, 0.3) is 0 Å². The van der Waals surface area contributed by atoms with Gasteiger partial charge in [0.15, 0.2) is 6.10 Å². The molecule has 0 saturated carbocycles. The number of allylic oxidation sites excluding steroid dienone is 6. The zero-order valence-corrected chi connectivity index (χ0v) is 46.3. The Kier molecular flexibility index (Phi) is 56.2. The molecule has 0 aromatic heterocycles. The number of esters is 3. The lowest BCUT2D eigenvalue weighted by molar-refractivity contribution is -0.167. The quantitative estimate of drug-likeness (QED) is 0.0261. The second-order valence-electron chi connectivity index (χ2n) is 20.6. The molecular weight excluding hydrogens is 853 g/mol. The minimum atomic E-state index is -0.777. The number of hydrogen-bond donors (Lipinski definition) is 0. The second-order valence-corrected chi connectivity index (χ2v) is 20.6. The molecule has 1 atom stereocenters. The monoisotopic (exact) mass is 969 g/mol. The molecule has 6 heteroatoms. The van der Waals surface area contributed by atoms with Crippen molar-refractivity contribution < 1.29 is 28.6 Å². The third kappa shape index (κ3) is 56.4. The number of hydrogen-bond acceptors (Lipinski definition) is 6. The Morgan fingerprint density at radius 3 is 0.725 bits per heavy atom. The highest BCUT2D eigenvalue weighted by atomic mass is 16.6. The number of carbonyl (C=O) groups is 3. The van der Waals surface area contributed by atoms with Crippen molar-refractivity contribution in [3.05, 3.63) is 36.5 Å². The summed E-state index contributed by atoms with van der Waals surface area (Å²) >= 11 is 0. The molecule has 0 N–H and O–H groups in total. The second kappa shape index (κ2) is 58.2. The maximum Gasteiger partial charge on any atom is 0.306 e. The Labute approximate surface area is 429 Å². The van der Waals surface area contributed by atoms with Crippen LogP contribution in [-0.2, 0) is 28.6 Å². The third-order valence-corrected chi connectivity index (χ3v) is 13.6.